The molecule has 0 radical (unpaired) electrons. The van der Waals surface area contributed by atoms with Crippen molar-refractivity contribution in [3.63, 3.8) is 0 Å². The summed E-state index contributed by atoms with van der Waals surface area (Å²) in [6.45, 7) is 0. The summed E-state index contributed by atoms with van der Waals surface area (Å²) in [5.41, 5.74) is 0. The Labute approximate surface area is 75.3 Å². The van der Waals surface area contributed by atoms with Crippen molar-refractivity contribution in [2.75, 3.05) is 0 Å². The van der Waals surface area contributed by atoms with Gasteiger partial charge >= 0.3 is 35.7 Å². The molecule has 0 aromatic heterocycles. The third kappa shape index (κ3) is 371000. The van der Waals surface area contributed by atoms with Crippen LogP contribution < -0.4 is 29.6 Å². The van der Waals surface area contributed by atoms with Crippen LogP contribution in [0.15, 0.2) is 0 Å². The number of hydrogen-bond acceptors (Lipinski definition) is 3. The first-order valence-corrected chi connectivity index (χ1v) is 0.851. The van der Waals surface area contributed by atoms with E-state index in [1.54, 1.807) is 0 Å². The van der Waals surface area contributed by atoms with E-state index in [9.17, 15) is 0 Å². The van der Waals surface area contributed by atoms with E-state index >= 15 is 0 Å². The summed E-state index contributed by atoms with van der Waals surface area (Å²) in [6.07, 6.45) is -1.83. The fourth-order valence-electron chi connectivity index (χ4n) is 0. The maximum Gasteiger partial charge on any atom is 1.00 e. The molecule has 7 heteroatoms. The van der Waals surface area contributed by atoms with E-state index in [1.807, 2.05) is 0 Å². The molecule has 0 heterocycles. The fraction of sp³-hybridized carbons (Fsp3) is 0. The van der Waals surface area contributed by atoms with Crippen molar-refractivity contribution >= 4 is 18.6 Å². The molecule has 0 unspecified atom stereocenters. The maximum atomic E-state index is 8.56. The Balaban J connectivity index is -0.00000000990. The number of rotatable bonds is 0. The summed E-state index contributed by atoms with van der Waals surface area (Å²) in [4.78, 5) is 8.56. The van der Waals surface area contributed by atoms with Crippen molar-refractivity contribution in [1.82, 2.24) is 0 Å². The van der Waals surface area contributed by atoms with Crippen LogP contribution in [0, 0.1) is 10.8 Å². The molecule has 8 heavy (non-hydrogen) atoms. The second kappa shape index (κ2) is 28.1. The number of carboxylic acid groups (broad SMARTS) is 2. The van der Waals surface area contributed by atoms with E-state index in [-0.39, 0.29) is 43.4 Å². The van der Waals surface area contributed by atoms with Crippen LogP contribution >= 0.6 is 12.4 Å². The van der Waals surface area contributed by atoms with Gasteiger partial charge in [-0.15, -0.1) is 12.4 Å². The Morgan fingerprint density at radius 2 is 1.38 bits per heavy atom. The van der Waals surface area contributed by atoms with Gasteiger partial charge in [0.1, 0.15) is 0 Å². The topological polar surface area (TPSA) is 105 Å². The van der Waals surface area contributed by atoms with Crippen LogP contribution in [0.25, 0.3) is 0 Å². The number of hydrogen-bond donors (Lipinski definition) is 2. The summed E-state index contributed by atoms with van der Waals surface area (Å²) in [6, 6.07) is 0. The largest absolute Gasteiger partial charge is 1.00 e. The molecule has 0 bridgehead atoms. The number of nitrogens with zero attached hydrogens (tertiary/aromatic N) is 2. The molecule has 0 rings (SSSR count). The van der Waals surface area contributed by atoms with Gasteiger partial charge in [-0.1, -0.05) is 0 Å². The van der Waals surface area contributed by atoms with Crippen LogP contribution in [0.3, 0.4) is 0 Å². The molecule has 5 nitrogen and oxygen atoms in total. The summed E-state index contributed by atoms with van der Waals surface area (Å²) in [5, 5.41) is 25.9. The first kappa shape index (κ1) is 24.5. The average Bonchev–Trinajstić information content (AvgIpc) is 1.41. The standard InChI is InChI=1S/CH2O3.ClH.N2.Na.H/c2-1(3)4;;1-2;;/h(H2,2,3,4);1H;;;/q;;;+1;-1. The summed E-state index contributed by atoms with van der Waals surface area (Å²) in [7, 11) is 0. The van der Waals surface area contributed by atoms with Crippen LogP contribution in [-0.4, -0.2) is 16.4 Å². The van der Waals surface area contributed by atoms with Crippen LogP contribution in [0.1, 0.15) is 1.43 Å². The maximum absolute atomic E-state index is 8.56. The monoisotopic (exact) mass is 150 g/mol. The molecule has 44 valence electrons. The Hall–Kier alpha value is -0.0200. The van der Waals surface area contributed by atoms with Crippen molar-refractivity contribution in [2.45, 2.75) is 0 Å². The molecular formula is CH4ClN2NaO3. The molecule has 0 aromatic carbocycles. The zero-order chi connectivity index (χ0) is 5.58. The predicted octanol–water partition coefficient (Wildman–Crippen LogP) is -2.21. The Bertz CT molecular complexity index is 66.1. The van der Waals surface area contributed by atoms with E-state index in [1.165, 1.54) is 0 Å². The summed E-state index contributed by atoms with van der Waals surface area (Å²) < 4.78 is 0. The first-order valence-electron chi connectivity index (χ1n) is 0.851. The van der Waals surface area contributed by atoms with Crippen molar-refractivity contribution in [1.29, 1.82) is 10.8 Å². The Morgan fingerprint density at radius 3 is 1.38 bits per heavy atom. The average molecular weight is 150 g/mol. The SMILES string of the molecule is Cl.N#N.O=C(O)O.[H-].[Na+]. The summed E-state index contributed by atoms with van der Waals surface area (Å²) in [5.74, 6) is 0. The molecular weight excluding hydrogens is 146 g/mol. The molecule has 2 N–H and O–H groups in total. The number of carbonyl (C=O) groups is 1. The Kier molecular flexibility index (Phi) is 86.2. The molecule has 0 aliphatic rings. The van der Waals surface area contributed by atoms with E-state index in [4.69, 9.17) is 25.8 Å². The number of halogens is 1. The van der Waals surface area contributed by atoms with Gasteiger partial charge in [0.2, 0.25) is 0 Å². The minimum absolute atomic E-state index is 0. The van der Waals surface area contributed by atoms with Gasteiger partial charge in [0.05, 0.1) is 0 Å². The van der Waals surface area contributed by atoms with Gasteiger partial charge in [0, 0.05) is 10.8 Å². The van der Waals surface area contributed by atoms with Gasteiger partial charge in [0.15, 0.2) is 0 Å². The molecule has 0 saturated carbocycles. The molecule has 0 fully saturated rings. The molecule has 0 aliphatic carbocycles. The molecule has 0 spiro atoms. The minimum Gasteiger partial charge on any atom is -1.00 e. The van der Waals surface area contributed by atoms with E-state index in [0.717, 1.165) is 0 Å². The second-order valence-corrected chi connectivity index (χ2v) is 0.283. The van der Waals surface area contributed by atoms with Gasteiger partial charge in [0.25, 0.3) is 0 Å². The van der Waals surface area contributed by atoms with Crippen LogP contribution in [0.2, 0.25) is 0 Å². The van der Waals surface area contributed by atoms with Crippen LogP contribution in [-0.2, 0) is 0 Å². The minimum atomic E-state index is -1.83. The zero-order valence-electron chi connectivity index (χ0n) is 5.11. The van der Waals surface area contributed by atoms with Gasteiger partial charge < -0.3 is 11.6 Å². The van der Waals surface area contributed by atoms with Crippen molar-refractivity contribution in [3.8, 4) is 0 Å². The van der Waals surface area contributed by atoms with Gasteiger partial charge in [-0.3, -0.25) is 0 Å². The van der Waals surface area contributed by atoms with Crippen molar-refractivity contribution in [2.24, 2.45) is 0 Å². The van der Waals surface area contributed by atoms with Crippen LogP contribution in [0.4, 0.5) is 4.79 Å². The summed E-state index contributed by atoms with van der Waals surface area (Å²) >= 11 is 0. The second-order valence-electron chi connectivity index (χ2n) is 0.283. The van der Waals surface area contributed by atoms with Crippen molar-refractivity contribution in [3.05, 3.63) is 0 Å². The molecule has 0 amide bonds. The van der Waals surface area contributed by atoms with E-state index < -0.39 is 6.16 Å². The van der Waals surface area contributed by atoms with Gasteiger partial charge in [-0.2, -0.15) is 0 Å². The van der Waals surface area contributed by atoms with Crippen LogP contribution in [0.5, 0.6) is 0 Å². The third-order valence-corrected chi connectivity index (χ3v) is 0. The molecule has 0 saturated heterocycles. The quantitative estimate of drug-likeness (QED) is 0.301. The third-order valence-electron chi connectivity index (χ3n) is 0. The van der Waals surface area contributed by atoms with E-state index in [2.05, 4.69) is 0 Å². The van der Waals surface area contributed by atoms with Crippen molar-refractivity contribution < 1.29 is 46.0 Å². The smallest absolute Gasteiger partial charge is 1.00 e. The normalized spacial score (nSPS) is 3.25. The fourth-order valence-corrected chi connectivity index (χ4v) is 0. The molecule has 0 aliphatic heterocycles. The van der Waals surface area contributed by atoms with E-state index in [0.29, 0.717) is 0 Å². The molecule has 0 aromatic rings. The molecule has 0 atom stereocenters. The zero-order valence-corrected chi connectivity index (χ0v) is 6.92. The predicted molar refractivity (Wildman–Crippen MR) is 22.5 cm³/mol. The van der Waals surface area contributed by atoms with Gasteiger partial charge in [-0.05, 0) is 0 Å². The first-order chi connectivity index (χ1) is 2.73. The van der Waals surface area contributed by atoms with Gasteiger partial charge in [-0.25, -0.2) is 4.79 Å². The Morgan fingerprint density at radius 1 is 1.38 bits per heavy atom.